The number of nitrogens with zero attached hydrogens (tertiary/aromatic N) is 1. The van der Waals surface area contributed by atoms with Gasteiger partial charge in [-0.25, -0.2) is 8.78 Å². The largest absolute Gasteiger partial charge is 0.389 e. The molecule has 3 aromatic rings. The van der Waals surface area contributed by atoms with Crippen LogP contribution in [0.4, 0.5) is 8.78 Å². The number of aryl methyl sites for hydroxylation is 1. The minimum Gasteiger partial charge on any atom is -0.389 e. The summed E-state index contributed by atoms with van der Waals surface area (Å²) >= 11 is 0. The minimum atomic E-state index is -1.41. The molecule has 3 atom stereocenters. The van der Waals surface area contributed by atoms with Crippen LogP contribution in [0.1, 0.15) is 68.9 Å². The van der Waals surface area contributed by atoms with Crippen molar-refractivity contribution >= 4 is 17.7 Å². The van der Waals surface area contributed by atoms with Gasteiger partial charge in [-0.3, -0.25) is 14.4 Å². The number of carbonyl (C=O) groups excluding carboxylic acids is 3. The summed E-state index contributed by atoms with van der Waals surface area (Å²) in [4.78, 5) is 41.0. The molecule has 230 valence electrons. The maximum atomic E-state index is 14.0. The molecular formula is C33H40F2N4O4. The van der Waals surface area contributed by atoms with Crippen molar-refractivity contribution in [2.24, 2.45) is 5.73 Å². The normalized spacial score (nSPS) is 13.1. The van der Waals surface area contributed by atoms with Crippen LogP contribution in [-0.2, 0) is 6.42 Å². The molecule has 0 fully saturated rings. The van der Waals surface area contributed by atoms with Gasteiger partial charge in [-0.05, 0) is 79.8 Å². The number of hydrogen-bond donors (Lipinski definition) is 4. The van der Waals surface area contributed by atoms with Crippen molar-refractivity contribution < 1.29 is 28.3 Å². The summed E-state index contributed by atoms with van der Waals surface area (Å²) in [6.07, 6.45) is 0.0104. The van der Waals surface area contributed by atoms with Crippen molar-refractivity contribution in [3.63, 3.8) is 0 Å². The van der Waals surface area contributed by atoms with E-state index < -0.39 is 41.6 Å². The summed E-state index contributed by atoms with van der Waals surface area (Å²) in [5.41, 5.74) is 8.07. The van der Waals surface area contributed by atoms with E-state index in [4.69, 9.17) is 5.73 Å². The molecule has 0 saturated heterocycles. The molecule has 0 heterocycles. The topological polar surface area (TPSA) is 125 Å². The van der Waals surface area contributed by atoms with Crippen molar-refractivity contribution in [1.82, 2.24) is 15.5 Å². The number of amides is 3. The number of nitrogens with two attached hydrogens (primary N) is 1. The Labute approximate surface area is 251 Å². The molecule has 0 unspecified atom stereocenters. The summed E-state index contributed by atoms with van der Waals surface area (Å²) in [5, 5.41) is 16.6. The fraction of sp³-hybridized carbons (Fsp3) is 0.364. The monoisotopic (exact) mass is 594 g/mol. The van der Waals surface area contributed by atoms with Gasteiger partial charge in [0.1, 0.15) is 11.6 Å². The van der Waals surface area contributed by atoms with Crippen LogP contribution >= 0.6 is 0 Å². The number of rotatable bonds is 14. The van der Waals surface area contributed by atoms with E-state index in [0.29, 0.717) is 29.8 Å². The van der Waals surface area contributed by atoms with Crippen LogP contribution in [0.25, 0.3) is 0 Å². The number of hydrogen-bond acceptors (Lipinski definition) is 5. The second kappa shape index (κ2) is 15.9. The van der Waals surface area contributed by atoms with Crippen molar-refractivity contribution in [3.05, 3.63) is 106 Å². The highest BCUT2D eigenvalue weighted by molar-refractivity contribution is 6.00. The predicted molar refractivity (Wildman–Crippen MR) is 162 cm³/mol. The molecule has 0 spiro atoms. The smallest absolute Gasteiger partial charge is 0.253 e. The summed E-state index contributed by atoms with van der Waals surface area (Å²) in [7, 11) is 0. The fourth-order valence-corrected chi connectivity index (χ4v) is 4.89. The first-order valence-electron chi connectivity index (χ1n) is 14.5. The van der Waals surface area contributed by atoms with Gasteiger partial charge < -0.3 is 26.4 Å². The predicted octanol–water partition coefficient (Wildman–Crippen LogP) is 3.99. The standard InChI is InChI=1S/C33H40F2N4O4/c1-4-11-39(12-5-2)33(43)25-14-21(3)13-24(18-25)32(42)38-29(17-22-15-26(34)19-27(35)16-22)30(40)28(36)20-37-31(41)23-9-7-6-8-10-23/h6-10,13-16,18-19,28-30,40H,4-5,11-12,17,20,36H2,1-3H3,(H,37,41)(H,38,42)/t28-,29+,30-/m1/s1. The van der Waals surface area contributed by atoms with E-state index >= 15 is 0 Å². The van der Waals surface area contributed by atoms with Gasteiger partial charge in [-0.1, -0.05) is 32.0 Å². The third-order valence-electron chi connectivity index (χ3n) is 6.94. The third-order valence-corrected chi connectivity index (χ3v) is 6.94. The second-order valence-corrected chi connectivity index (χ2v) is 10.7. The third kappa shape index (κ3) is 9.69. The van der Waals surface area contributed by atoms with E-state index in [-0.39, 0.29) is 30.0 Å². The maximum Gasteiger partial charge on any atom is 0.253 e. The lowest BCUT2D eigenvalue weighted by Crippen LogP contribution is -2.55. The Hall–Kier alpha value is -4.15. The molecule has 0 saturated carbocycles. The van der Waals surface area contributed by atoms with Gasteiger partial charge >= 0.3 is 0 Å². The Kier molecular flexibility index (Phi) is 12.3. The van der Waals surface area contributed by atoms with Gasteiger partial charge in [0.15, 0.2) is 0 Å². The zero-order valence-corrected chi connectivity index (χ0v) is 24.8. The molecule has 0 aromatic heterocycles. The van der Waals surface area contributed by atoms with E-state index in [0.717, 1.165) is 31.0 Å². The maximum absolute atomic E-state index is 14.0. The first kappa shape index (κ1) is 33.4. The molecule has 0 radical (unpaired) electrons. The summed E-state index contributed by atoms with van der Waals surface area (Å²) < 4.78 is 28.0. The van der Waals surface area contributed by atoms with Crippen molar-refractivity contribution in [3.8, 4) is 0 Å². The number of halogens is 2. The highest BCUT2D eigenvalue weighted by Crippen LogP contribution is 2.17. The van der Waals surface area contributed by atoms with Crippen LogP contribution in [0.5, 0.6) is 0 Å². The van der Waals surface area contributed by atoms with Crippen LogP contribution in [-0.4, -0.2) is 65.5 Å². The van der Waals surface area contributed by atoms with Crippen LogP contribution in [0.2, 0.25) is 0 Å². The lowest BCUT2D eigenvalue weighted by atomic mass is 9.95. The Morgan fingerprint density at radius 1 is 0.860 bits per heavy atom. The Bertz CT molecular complexity index is 1380. The fourth-order valence-electron chi connectivity index (χ4n) is 4.89. The molecule has 0 aliphatic heterocycles. The highest BCUT2D eigenvalue weighted by Gasteiger charge is 2.29. The first-order chi connectivity index (χ1) is 20.5. The molecule has 0 bridgehead atoms. The zero-order valence-electron chi connectivity index (χ0n) is 24.8. The number of benzene rings is 3. The van der Waals surface area contributed by atoms with E-state index in [2.05, 4.69) is 10.6 Å². The number of carbonyl (C=O) groups is 3. The number of aliphatic hydroxyl groups is 1. The SMILES string of the molecule is CCCN(CCC)C(=O)c1cc(C)cc(C(=O)N[C@@H](Cc2cc(F)cc(F)c2)[C@H](O)[C@H](N)CNC(=O)c2ccccc2)c1. The van der Waals surface area contributed by atoms with Gasteiger partial charge in [0, 0.05) is 48.4 Å². The second-order valence-electron chi connectivity index (χ2n) is 10.7. The molecular weight excluding hydrogens is 554 g/mol. The van der Waals surface area contributed by atoms with Crippen molar-refractivity contribution in [1.29, 1.82) is 0 Å². The van der Waals surface area contributed by atoms with Gasteiger partial charge in [-0.2, -0.15) is 0 Å². The molecule has 0 aliphatic carbocycles. The van der Waals surface area contributed by atoms with Crippen LogP contribution in [0.3, 0.4) is 0 Å². The number of aliphatic hydroxyl groups excluding tert-OH is 1. The van der Waals surface area contributed by atoms with Crippen LogP contribution in [0, 0.1) is 18.6 Å². The molecule has 3 rings (SSSR count). The van der Waals surface area contributed by atoms with Gasteiger partial charge in [-0.15, -0.1) is 0 Å². The van der Waals surface area contributed by atoms with Crippen LogP contribution in [0.15, 0.2) is 66.7 Å². The average molecular weight is 595 g/mol. The quantitative estimate of drug-likeness (QED) is 0.225. The van der Waals surface area contributed by atoms with E-state index in [1.54, 1.807) is 54.3 Å². The first-order valence-corrected chi connectivity index (χ1v) is 14.5. The van der Waals surface area contributed by atoms with Gasteiger partial charge in [0.2, 0.25) is 0 Å². The molecule has 3 aromatic carbocycles. The lowest BCUT2D eigenvalue weighted by molar-refractivity contribution is 0.0743. The number of nitrogens with one attached hydrogen (secondary N) is 2. The van der Waals surface area contributed by atoms with Gasteiger partial charge in [0.05, 0.1) is 12.1 Å². The Balaban J connectivity index is 1.84. The minimum absolute atomic E-state index is 0.132. The summed E-state index contributed by atoms with van der Waals surface area (Å²) in [5.74, 6) is -2.80. The molecule has 43 heavy (non-hydrogen) atoms. The van der Waals surface area contributed by atoms with Gasteiger partial charge in [0.25, 0.3) is 17.7 Å². The van der Waals surface area contributed by atoms with E-state index in [1.165, 1.54) is 6.07 Å². The lowest BCUT2D eigenvalue weighted by Gasteiger charge is -2.29. The van der Waals surface area contributed by atoms with E-state index in [1.807, 2.05) is 13.8 Å². The highest BCUT2D eigenvalue weighted by atomic mass is 19.1. The zero-order chi connectivity index (χ0) is 31.5. The molecule has 10 heteroatoms. The molecule has 3 amide bonds. The molecule has 8 nitrogen and oxygen atoms in total. The Morgan fingerprint density at radius 2 is 1.47 bits per heavy atom. The Morgan fingerprint density at radius 3 is 2.07 bits per heavy atom. The molecule has 0 aliphatic rings. The average Bonchev–Trinajstić information content (AvgIpc) is 2.98. The van der Waals surface area contributed by atoms with Crippen molar-refractivity contribution in [2.45, 2.75) is 58.2 Å². The molecule has 5 N–H and O–H groups in total. The van der Waals surface area contributed by atoms with E-state index in [9.17, 15) is 28.3 Å². The van der Waals surface area contributed by atoms with Crippen molar-refractivity contribution in [2.75, 3.05) is 19.6 Å². The summed E-state index contributed by atoms with van der Waals surface area (Å²) in [6, 6.07) is 14.1. The summed E-state index contributed by atoms with van der Waals surface area (Å²) in [6.45, 7) is 6.77. The van der Waals surface area contributed by atoms with Crippen LogP contribution < -0.4 is 16.4 Å².